The van der Waals surface area contributed by atoms with E-state index >= 15 is 0 Å². The van der Waals surface area contributed by atoms with Crippen LogP contribution in [0.4, 0.5) is 4.39 Å². The van der Waals surface area contributed by atoms with E-state index in [-0.39, 0.29) is 11.1 Å². The zero-order valence-corrected chi connectivity index (χ0v) is 13.5. The van der Waals surface area contributed by atoms with Crippen molar-refractivity contribution < 1.29 is 8.94 Å². The molecule has 0 aliphatic carbocycles. The maximum atomic E-state index is 13.5. The molecule has 0 fully saturated rings. The van der Waals surface area contributed by atoms with Gasteiger partial charge in [0.1, 0.15) is 9.77 Å². The summed E-state index contributed by atoms with van der Waals surface area (Å²) in [5.41, 5.74) is 0.568. The van der Waals surface area contributed by atoms with Crippen molar-refractivity contribution in [3.63, 3.8) is 0 Å². The van der Waals surface area contributed by atoms with Crippen molar-refractivity contribution in [3.8, 4) is 0 Å². The molecule has 2 unspecified atom stereocenters. The lowest BCUT2D eigenvalue weighted by Crippen LogP contribution is -2.41. The average molecular weight is 319 g/mol. The number of nitrogens with zero attached hydrogens (tertiary/aromatic N) is 1. The highest BCUT2D eigenvalue weighted by Gasteiger charge is 2.30. The molecular formula is C14H20ClFN2OS. The molecule has 0 aliphatic heterocycles. The lowest BCUT2D eigenvalue weighted by Gasteiger charge is -2.28. The molecule has 0 aliphatic rings. The van der Waals surface area contributed by atoms with E-state index < -0.39 is 22.1 Å². The van der Waals surface area contributed by atoms with Crippen LogP contribution in [0.1, 0.15) is 45.2 Å². The Morgan fingerprint density at radius 1 is 1.60 bits per heavy atom. The minimum Gasteiger partial charge on any atom is -0.598 e. The average Bonchev–Trinajstić information content (AvgIpc) is 2.36. The summed E-state index contributed by atoms with van der Waals surface area (Å²) in [7, 11) is 0. The minimum absolute atomic E-state index is 0.0278. The normalized spacial score (nSPS) is 14.9. The second-order valence-electron chi connectivity index (χ2n) is 5.42. The van der Waals surface area contributed by atoms with Crippen LogP contribution in [0.2, 0.25) is 5.02 Å². The number of nitrogens with one attached hydrogen (secondary N) is 1. The lowest BCUT2D eigenvalue weighted by atomic mass is 10.0. The zero-order valence-electron chi connectivity index (χ0n) is 12.0. The molecular weight excluding hydrogens is 299 g/mol. The molecule has 3 nitrogen and oxygen atoms in total. The van der Waals surface area contributed by atoms with Crippen molar-refractivity contribution in [1.29, 1.82) is 0 Å². The van der Waals surface area contributed by atoms with Crippen LogP contribution in [0.5, 0.6) is 0 Å². The molecule has 20 heavy (non-hydrogen) atoms. The number of rotatable bonds is 6. The Morgan fingerprint density at radius 3 is 2.80 bits per heavy atom. The van der Waals surface area contributed by atoms with Crippen LogP contribution < -0.4 is 4.72 Å². The molecule has 1 heterocycles. The third-order valence-corrected chi connectivity index (χ3v) is 4.70. The van der Waals surface area contributed by atoms with Gasteiger partial charge in [-0.2, -0.15) is 4.39 Å². The Balaban J connectivity index is 3.00. The van der Waals surface area contributed by atoms with E-state index in [9.17, 15) is 8.94 Å². The second-order valence-corrected chi connectivity index (χ2v) is 7.80. The van der Waals surface area contributed by atoms with Crippen LogP contribution in [-0.2, 0) is 11.4 Å². The van der Waals surface area contributed by atoms with Crippen molar-refractivity contribution in [2.45, 2.75) is 44.4 Å². The van der Waals surface area contributed by atoms with Crippen LogP contribution in [0.3, 0.4) is 0 Å². The topological polar surface area (TPSA) is 48.0 Å². The van der Waals surface area contributed by atoms with Gasteiger partial charge in [-0.3, -0.25) is 0 Å². The van der Waals surface area contributed by atoms with Crippen LogP contribution in [-0.4, -0.2) is 14.3 Å². The first kappa shape index (κ1) is 17.4. The van der Waals surface area contributed by atoms with Crippen molar-refractivity contribution in [2.75, 3.05) is 0 Å². The van der Waals surface area contributed by atoms with Gasteiger partial charge in [0.05, 0.1) is 6.04 Å². The van der Waals surface area contributed by atoms with E-state index in [1.165, 1.54) is 6.20 Å². The molecule has 0 radical (unpaired) electrons. The largest absolute Gasteiger partial charge is 0.598 e. The molecule has 0 aromatic carbocycles. The number of pyridine rings is 1. The van der Waals surface area contributed by atoms with Crippen molar-refractivity contribution in [2.24, 2.45) is 0 Å². The number of hydrogen-bond donors (Lipinski definition) is 1. The lowest BCUT2D eigenvalue weighted by molar-refractivity contribution is 0.509. The van der Waals surface area contributed by atoms with Crippen LogP contribution in [0, 0.1) is 5.95 Å². The summed E-state index contributed by atoms with van der Waals surface area (Å²) in [6.07, 6.45) is 4.47. The molecule has 0 saturated carbocycles. The molecule has 0 spiro atoms. The molecule has 1 aromatic rings. The Bertz CT molecular complexity index is 465. The van der Waals surface area contributed by atoms with Gasteiger partial charge in [-0.15, -0.1) is 11.3 Å². The number of hydrogen-bond acceptors (Lipinski definition) is 3. The summed E-state index contributed by atoms with van der Waals surface area (Å²) < 4.78 is 28.3. The highest BCUT2D eigenvalue weighted by Crippen LogP contribution is 2.29. The molecule has 0 amide bonds. The van der Waals surface area contributed by atoms with Gasteiger partial charge >= 0.3 is 0 Å². The predicted octanol–water partition coefficient (Wildman–Crippen LogP) is 3.93. The highest BCUT2D eigenvalue weighted by molar-refractivity contribution is 7.90. The third-order valence-electron chi connectivity index (χ3n) is 2.72. The van der Waals surface area contributed by atoms with Crippen molar-refractivity contribution >= 4 is 23.0 Å². The molecule has 1 aromatic heterocycles. The van der Waals surface area contributed by atoms with Gasteiger partial charge in [0.25, 0.3) is 0 Å². The summed E-state index contributed by atoms with van der Waals surface area (Å²) in [5, 5.41) is -0.0278. The smallest absolute Gasteiger partial charge is 0.231 e. The Labute approximate surface area is 127 Å². The number of halogens is 2. The fourth-order valence-corrected chi connectivity index (χ4v) is 2.67. The fraction of sp³-hybridized carbons (Fsp3) is 0.500. The van der Waals surface area contributed by atoms with Crippen LogP contribution in [0.25, 0.3) is 0 Å². The van der Waals surface area contributed by atoms with Crippen molar-refractivity contribution in [3.05, 3.63) is 41.5 Å². The third kappa shape index (κ3) is 4.74. The first-order chi connectivity index (χ1) is 9.27. The Morgan fingerprint density at radius 2 is 2.25 bits per heavy atom. The molecule has 0 bridgehead atoms. The van der Waals surface area contributed by atoms with Gasteiger partial charge in [-0.05, 0) is 45.2 Å². The van der Waals surface area contributed by atoms with E-state index in [0.29, 0.717) is 18.4 Å². The second kappa shape index (κ2) is 7.41. The van der Waals surface area contributed by atoms with Crippen LogP contribution in [0.15, 0.2) is 24.9 Å². The number of allylic oxidation sites excluding steroid dienone is 1. The Kier molecular flexibility index (Phi) is 6.45. The first-order valence-electron chi connectivity index (χ1n) is 6.36. The first-order valence-corrected chi connectivity index (χ1v) is 7.89. The van der Waals surface area contributed by atoms with E-state index in [4.69, 9.17) is 11.6 Å². The molecule has 112 valence electrons. The monoisotopic (exact) mass is 318 g/mol. The minimum atomic E-state index is -1.27. The SMILES string of the molecule is C=CCCC(N[S+]([O-])C(C)(C)C)c1ccnc(F)c1Cl. The Hall–Kier alpha value is -0.620. The van der Waals surface area contributed by atoms with Gasteiger partial charge in [0.2, 0.25) is 5.95 Å². The summed E-state index contributed by atoms with van der Waals surface area (Å²) in [5.74, 6) is -0.712. The predicted molar refractivity (Wildman–Crippen MR) is 82.4 cm³/mol. The van der Waals surface area contributed by atoms with Gasteiger partial charge in [-0.25, -0.2) is 4.98 Å². The van der Waals surface area contributed by atoms with E-state index in [1.807, 2.05) is 20.8 Å². The maximum absolute atomic E-state index is 13.5. The quantitative estimate of drug-likeness (QED) is 0.491. The van der Waals surface area contributed by atoms with Crippen molar-refractivity contribution in [1.82, 2.24) is 9.71 Å². The van der Waals surface area contributed by atoms with Gasteiger partial charge in [0, 0.05) is 17.6 Å². The molecule has 6 heteroatoms. The number of aromatic nitrogens is 1. The van der Waals surface area contributed by atoms with Crippen LogP contribution >= 0.6 is 11.6 Å². The van der Waals surface area contributed by atoms with Gasteiger partial charge in [0.15, 0.2) is 0 Å². The summed E-state index contributed by atoms with van der Waals surface area (Å²) in [6.45, 7) is 9.28. The standard InChI is InChI=1S/C14H20ClFN2OS/c1-5-6-7-11(18-20(19)14(2,3)4)10-8-9-17-13(16)12(10)15/h5,8-9,11,18H,1,6-7H2,2-4H3. The van der Waals surface area contributed by atoms with E-state index in [1.54, 1.807) is 12.1 Å². The highest BCUT2D eigenvalue weighted by atomic mass is 35.5. The summed E-state index contributed by atoms with van der Waals surface area (Å²) in [6, 6.07) is 1.34. The van der Waals surface area contributed by atoms with Gasteiger partial charge < -0.3 is 4.55 Å². The summed E-state index contributed by atoms with van der Waals surface area (Å²) >= 11 is 4.69. The molecule has 0 saturated heterocycles. The van der Waals surface area contributed by atoms with E-state index in [2.05, 4.69) is 16.3 Å². The zero-order chi connectivity index (χ0) is 15.3. The van der Waals surface area contributed by atoms with Gasteiger partial charge in [-0.1, -0.05) is 17.7 Å². The molecule has 1 N–H and O–H groups in total. The fourth-order valence-electron chi connectivity index (χ4n) is 1.57. The van der Waals surface area contributed by atoms with E-state index in [0.717, 1.165) is 0 Å². The summed E-state index contributed by atoms with van der Waals surface area (Å²) in [4.78, 5) is 3.51. The molecule has 2 atom stereocenters. The molecule has 1 rings (SSSR count). The maximum Gasteiger partial charge on any atom is 0.231 e.